The van der Waals surface area contributed by atoms with Crippen LogP contribution in [0.1, 0.15) is 11.1 Å². The summed E-state index contributed by atoms with van der Waals surface area (Å²) in [5.74, 6) is 0. The number of aromatic nitrogens is 1. The Morgan fingerprint density at radius 1 is 1.00 bits per heavy atom. The van der Waals surface area contributed by atoms with Crippen molar-refractivity contribution in [1.82, 2.24) is 15.6 Å². The number of benzene rings is 1. The summed E-state index contributed by atoms with van der Waals surface area (Å²) in [6.45, 7) is 0.869. The Morgan fingerprint density at radius 3 is 2.26 bits per heavy atom. The third kappa shape index (κ3) is 5.68. The van der Waals surface area contributed by atoms with Crippen LogP contribution >= 0.6 is 0 Å². The molecule has 0 saturated carbocycles. The average Bonchev–Trinajstić information content (AvgIpc) is 2.53. The van der Waals surface area contributed by atoms with Crippen molar-refractivity contribution in [3.05, 3.63) is 59.9 Å². The molecule has 8 heteroatoms. The molecular weight excluding hydrogens is 316 g/mol. The van der Waals surface area contributed by atoms with Crippen molar-refractivity contribution in [3.63, 3.8) is 0 Å². The van der Waals surface area contributed by atoms with Gasteiger partial charge in [-0.1, -0.05) is 12.1 Å². The Hall–Kier alpha value is -2.45. The molecular formula is C15H18N4O3S. The van der Waals surface area contributed by atoms with E-state index in [2.05, 4.69) is 15.6 Å². The summed E-state index contributed by atoms with van der Waals surface area (Å²) in [6.07, 6.45) is 3.92. The highest BCUT2D eigenvalue weighted by Crippen LogP contribution is 2.08. The minimum atomic E-state index is -3.67. The van der Waals surface area contributed by atoms with E-state index in [4.69, 9.17) is 5.14 Å². The number of hydrogen-bond acceptors (Lipinski definition) is 4. The van der Waals surface area contributed by atoms with E-state index in [0.717, 1.165) is 11.1 Å². The zero-order valence-electron chi connectivity index (χ0n) is 12.4. The van der Waals surface area contributed by atoms with E-state index in [1.54, 1.807) is 24.5 Å². The van der Waals surface area contributed by atoms with Crippen molar-refractivity contribution in [2.75, 3.05) is 6.54 Å². The second kappa shape index (κ2) is 7.70. The van der Waals surface area contributed by atoms with Gasteiger partial charge < -0.3 is 10.6 Å². The molecule has 0 aliphatic rings. The van der Waals surface area contributed by atoms with Crippen LogP contribution in [0.4, 0.5) is 4.79 Å². The average molecular weight is 334 g/mol. The van der Waals surface area contributed by atoms with E-state index in [-0.39, 0.29) is 10.9 Å². The summed E-state index contributed by atoms with van der Waals surface area (Å²) in [5.41, 5.74) is 1.88. The van der Waals surface area contributed by atoms with Gasteiger partial charge in [0.25, 0.3) is 0 Å². The number of rotatable bonds is 6. The smallest absolute Gasteiger partial charge is 0.315 e. The van der Waals surface area contributed by atoms with Crippen molar-refractivity contribution in [3.8, 4) is 0 Å². The lowest BCUT2D eigenvalue weighted by Gasteiger charge is -2.08. The first kappa shape index (κ1) is 16.9. The van der Waals surface area contributed by atoms with Crippen molar-refractivity contribution in [2.24, 2.45) is 5.14 Å². The summed E-state index contributed by atoms with van der Waals surface area (Å²) in [6, 6.07) is 9.65. The SMILES string of the molecule is NS(=O)(=O)c1ccc(CCNC(=O)NCc2ccncc2)cc1. The highest BCUT2D eigenvalue weighted by molar-refractivity contribution is 7.89. The molecule has 2 rings (SSSR count). The van der Waals surface area contributed by atoms with E-state index in [9.17, 15) is 13.2 Å². The lowest BCUT2D eigenvalue weighted by atomic mass is 10.1. The summed E-state index contributed by atoms with van der Waals surface area (Å²) < 4.78 is 22.3. The van der Waals surface area contributed by atoms with E-state index in [0.29, 0.717) is 19.5 Å². The largest absolute Gasteiger partial charge is 0.338 e. The second-order valence-electron chi connectivity index (χ2n) is 4.90. The molecule has 0 saturated heterocycles. The first-order valence-electron chi connectivity index (χ1n) is 6.97. The van der Waals surface area contributed by atoms with Crippen molar-refractivity contribution in [2.45, 2.75) is 17.9 Å². The number of carbonyl (C=O) groups is 1. The van der Waals surface area contributed by atoms with Crippen LogP contribution in [0.25, 0.3) is 0 Å². The zero-order chi connectivity index (χ0) is 16.7. The molecule has 0 fully saturated rings. The van der Waals surface area contributed by atoms with Gasteiger partial charge in [0.05, 0.1) is 4.90 Å². The number of pyridine rings is 1. The maximum absolute atomic E-state index is 11.7. The molecule has 7 nitrogen and oxygen atoms in total. The molecule has 0 unspecified atom stereocenters. The Labute approximate surface area is 135 Å². The normalized spacial score (nSPS) is 11.0. The number of nitrogens with zero attached hydrogens (tertiary/aromatic N) is 1. The van der Waals surface area contributed by atoms with Crippen LogP contribution in [0.3, 0.4) is 0 Å². The number of primary sulfonamides is 1. The molecule has 122 valence electrons. The molecule has 0 aliphatic heterocycles. The lowest BCUT2D eigenvalue weighted by Crippen LogP contribution is -2.36. The fraction of sp³-hybridized carbons (Fsp3) is 0.200. The number of nitrogens with two attached hydrogens (primary N) is 1. The number of sulfonamides is 1. The molecule has 0 atom stereocenters. The molecule has 4 N–H and O–H groups in total. The Bertz CT molecular complexity index is 746. The molecule has 23 heavy (non-hydrogen) atoms. The minimum absolute atomic E-state index is 0.0734. The molecule has 1 aromatic heterocycles. The number of amides is 2. The maximum Gasteiger partial charge on any atom is 0.315 e. The molecule has 2 amide bonds. The summed E-state index contributed by atoms with van der Waals surface area (Å²) in [5, 5.41) is 10.5. The van der Waals surface area contributed by atoms with Crippen molar-refractivity contribution < 1.29 is 13.2 Å². The fourth-order valence-electron chi connectivity index (χ4n) is 1.91. The first-order valence-corrected chi connectivity index (χ1v) is 8.52. The third-order valence-corrected chi connectivity index (χ3v) is 4.08. The highest BCUT2D eigenvalue weighted by Gasteiger charge is 2.06. The van der Waals surface area contributed by atoms with Gasteiger partial charge in [-0.05, 0) is 41.8 Å². The predicted molar refractivity (Wildman–Crippen MR) is 86.0 cm³/mol. The zero-order valence-corrected chi connectivity index (χ0v) is 13.2. The van der Waals surface area contributed by atoms with Gasteiger partial charge in [-0.2, -0.15) is 0 Å². The summed E-state index contributed by atoms with van der Waals surface area (Å²) >= 11 is 0. The van der Waals surface area contributed by atoms with Crippen LogP contribution in [0.15, 0.2) is 53.7 Å². The summed E-state index contributed by atoms with van der Waals surface area (Å²) in [4.78, 5) is 15.6. The van der Waals surface area contributed by atoms with Crippen LogP contribution in [0.5, 0.6) is 0 Å². The van der Waals surface area contributed by atoms with Crippen molar-refractivity contribution in [1.29, 1.82) is 0 Å². The van der Waals surface area contributed by atoms with Gasteiger partial charge >= 0.3 is 6.03 Å². The standard InChI is InChI=1S/C15H18N4O3S/c16-23(21,22)14-3-1-12(2-4-14)7-10-18-15(20)19-11-13-5-8-17-9-6-13/h1-6,8-9H,7,10-11H2,(H2,16,21,22)(H2,18,19,20). The Morgan fingerprint density at radius 2 is 1.65 bits per heavy atom. The second-order valence-corrected chi connectivity index (χ2v) is 6.47. The lowest BCUT2D eigenvalue weighted by molar-refractivity contribution is 0.240. The predicted octanol–water partition coefficient (Wildman–Crippen LogP) is 0.771. The quantitative estimate of drug-likeness (QED) is 0.724. The first-order chi connectivity index (χ1) is 10.9. The molecule has 1 aromatic carbocycles. The molecule has 0 radical (unpaired) electrons. The monoisotopic (exact) mass is 334 g/mol. The highest BCUT2D eigenvalue weighted by atomic mass is 32.2. The number of carbonyl (C=O) groups excluding carboxylic acids is 1. The minimum Gasteiger partial charge on any atom is -0.338 e. The fourth-order valence-corrected chi connectivity index (χ4v) is 2.43. The van der Waals surface area contributed by atoms with E-state index in [1.165, 1.54) is 12.1 Å². The Balaban J connectivity index is 1.73. The third-order valence-electron chi connectivity index (χ3n) is 3.15. The van der Waals surface area contributed by atoms with Gasteiger partial charge in [-0.25, -0.2) is 18.4 Å². The van der Waals surface area contributed by atoms with Crippen LogP contribution in [-0.2, 0) is 23.0 Å². The van der Waals surface area contributed by atoms with Crippen LogP contribution in [-0.4, -0.2) is 26.0 Å². The van der Waals surface area contributed by atoms with Crippen molar-refractivity contribution >= 4 is 16.1 Å². The maximum atomic E-state index is 11.7. The van der Waals surface area contributed by atoms with Gasteiger partial charge in [0.1, 0.15) is 0 Å². The van der Waals surface area contributed by atoms with E-state index >= 15 is 0 Å². The number of nitrogens with one attached hydrogen (secondary N) is 2. The van der Waals surface area contributed by atoms with Gasteiger partial charge in [0.15, 0.2) is 0 Å². The molecule has 0 bridgehead atoms. The number of hydrogen-bond donors (Lipinski definition) is 3. The molecule has 2 aromatic rings. The van der Waals surface area contributed by atoms with E-state index < -0.39 is 10.0 Å². The van der Waals surface area contributed by atoms with Gasteiger partial charge in [0.2, 0.25) is 10.0 Å². The molecule has 1 heterocycles. The van der Waals surface area contributed by atoms with Gasteiger partial charge in [-0.3, -0.25) is 4.98 Å². The summed E-state index contributed by atoms with van der Waals surface area (Å²) in [7, 11) is -3.67. The van der Waals surface area contributed by atoms with Gasteiger partial charge in [-0.15, -0.1) is 0 Å². The van der Waals surface area contributed by atoms with Crippen LogP contribution in [0.2, 0.25) is 0 Å². The Kier molecular flexibility index (Phi) is 5.67. The van der Waals surface area contributed by atoms with E-state index in [1.807, 2.05) is 12.1 Å². The topological polar surface area (TPSA) is 114 Å². The molecule has 0 aliphatic carbocycles. The molecule has 0 spiro atoms. The van der Waals surface area contributed by atoms with Crippen LogP contribution < -0.4 is 15.8 Å². The van der Waals surface area contributed by atoms with Crippen LogP contribution in [0, 0.1) is 0 Å². The number of urea groups is 1. The van der Waals surface area contributed by atoms with Gasteiger partial charge in [0, 0.05) is 25.5 Å².